The van der Waals surface area contributed by atoms with E-state index in [0.29, 0.717) is 16.9 Å². The van der Waals surface area contributed by atoms with Crippen molar-refractivity contribution in [3.05, 3.63) is 59.4 Å². The van der Waals surface area contributed by atoms with Crippen LogP contribution in [0.4, 0.5) is 5.82 Å². The first kappa shape index (κ1) is 14.7. The fourth-order valence-electron chi connectivity index (χ4n) is 2.30. The van der Waals surface area contributed by atoms with Crippen molar-refractivity contribution in [2.24, 2.45) is 0 Å². The summed E-state index contributed by atoms with van der Waals surface area (Å²) < 4.78 is 0. The average Bonchev–Trinajstić information content (AvgIpc) is 3.05. The molecule has 0 spiro atoms. The fraction of sp³-hybridized carbons (Fsp3) is 0.125. The van der Waals surface area contributed by atoms with Gasteiger partial charge in [-0.1, -0.05) is 12.1 Å². The number of fused-ring (bicyclic) bond motifs is 1. The van der Waals surface area contributed by atoms with Crippen molar-refractivity contribution in [1.82, 2.24) is 15.1 Å². The summed E-state index contributed by atoms with van der Waals surface area (Å²) in [6.07, 6.45) is 2.70. The number of anilines is 1. The van der Waals surface area contributed by atoms with Gasteiger partial charge >= 0.3 is 0 Å². The Morgan fingerprint density at radius 1 is 1.26 bits per heavy atom. The summed E-state index contributed by atoms with van der Waals surface area (Å²) in [5.74, 6) is -0.669. The van der Waals surface area contributed by atoms with Crippen LogP contribution in [-0.2, 0) is 4.79 Å². The van der Waals surface area contributed by atoms with E-state index in [0.717, 1.165) is 10.6 Å². The summed E-state index contributed by atoms with van der Waals surface area (Å²) in [4.78, 5) is 37.2. The van der Waals surface area contributed by atoms with Crippen molar-refractivity contribution >= 4 is 23.4 Å². The maximum absolute atomic E-state index is 12.1. The zero-order chi connectivity index (χ0) is 16.4. The smallest absolute Gasteiger partial charge is 0.261 e. The van der Waals surface area contributed by atoms with E-state index in [-0.39, 0.29) is 12.3 Å². The Hall–Kier alpha value is -3.22. The summed E-state index contributed by atoms with van der Waals surface area (Å²) in [6, 6.07) is 8.31. The van der Waals surface area contributed by atoms with Crippen LogP contribution in [0.3, 0.4) is 0 Å². The first-order valence-electron chi connectivity index (χ1n) is 6.99. The number of aromatic nitrogens is 2. The molecule has 1 aliphatic heterocycles. The molecule has 2 heterocycles. The predicted octanol–water partition coefficient (Wildman–Crippen LogP) is 1.51. The number of aryl methyl sites for hydroxylation is 1. The zero-order valence-corrected chi connectivity index (χ0v) is 12.4. The monoisotopic (exact) mass is 310 g/mol. The summed E-state index contributed by atoms with van der Waals surface area (Å²) in [6.45, 7) is 1.57. The van der Waals surface area contributed by atoms with Gasteiger partial charge in [0, 0.05) is 18.0 Å². The van der Waals surface area contributed by atoms with Gasteiger partial charge in [-0.2, -0.15) is 5.10 Å². The van der Waals surface area contributed by atoms with Crippen molar-refractivity contribution in [1.29, 1.82) is 0 Å². The molecule has 0 bridgehead atoms. The van der Waals surface area contributed by atoms with Gasteiger partial charge in [0.15, 0.2) is 11.6 Å². The van der Waals surface area contributed by atoms with Crippen molar-refractivity contribution in [2.45, 2.75) is 6.92 Å². The number of amides is 2. The summed E-state index contributed by atoms with van der Waals surface area (Å²) >= 11 is 0. The van der Waals surface area contributed by atoms with Crippen LogP contribution in [0, 0.1) is 6.92 Å². The standard InChI is InChI=1S/C16H14N4O3/c1-10-8-14(19-18-10)17-7-6-11(21)9-20-15(22)12-4-2-3-5-13(12)16(20)23/h2-8H,9H2,1H3,(H2,17,18,19)/b7-6-. The molecule has 1 aromatic heterocycles. The molecule has 0 aliphatic carbocycles. The van der Waals surface area contributed by atoms with Gasteiger partial charge in [-0.25, -0.2) is 0 Å². The summed E-state index contributed by atoms with van der Waals surface area (Å²) in [5, 5.41) is 9.54. The lowest BCUT2D eigenvalue weighted by Gasteiger charge is -2.10. The first-order valence-corrected chi connectivity index (χ1v) is 6.99. The number of aromatic amines is 1. The SMILES string of the molecule is Cc1cc(N/C=C\C(=O)CN2C(=O)c3ccccc3C2=O)n[nH]1. The summed E-state index contributed by atoms with van der Waals surface area (Å²) in [7, 11) is 0. The Labute approximate surface area is 132 Å². The molecule has 2 N–H and O–H groups in total. The highest BCUT2D eigenvalue weighted by atomic mass is 16.2. The van der Waals surface area contributed by atoms with Gasteiger partial charge in [0.05, 0.1) is 17.7 Å². The molecule has 2 aromatic rings. The van der Waals surface area contributed by atoms with Gasteiger partial charge in [0.2, 0.25) is 0 Å². The molecule has 1 aromatic carbocycles. The third-order valence-electron chi connectivity index (χ3n) is 3.40. The van der Waals surface area contributed by atoms with E-state index in [2.05, 4.69) is 15.5 Å². The minimum Gasteiger partial charge on any atom is -0.345 e. The number of benzene rings is 1. The maximum atomic E-state index is 12.1. The van der Waals surface area contributed by atoms with Gasteiger partial charge in [0.25, 0.3) is 11.8 Å². The Balaban J connectivity index is 1.62. The lowest BCUT2D eigenvalue weighted by atomic mass is 10.1. The lowest BCUT2D eigenvalue weighted by Crippen LogP contribution is -2.34. The quantitative estimate of drug-likeness (QED) is 0.645. The van der Waals surface area contributed by atoms with Crippen LogP contribution < -0.4 is 5.32 Å². The normalized spacial score (nSPS) is 13.7. The van der Waals surface area contributed by atoms with Gasteiger partial charge in [-0.05, 0) is 25.1 Å². The Kier molecular flexibility index (Phi) is 3.76. The largest absolute Gasteiger partial charge is 0.345 e. The number of carbonyl (C=O) groups excluding carboxylic acids is 3. The predicted molar refractivity (Wildman–Crippen MR) is 82.9 cm³/mol. The number of imide groups is 1. The van der Waals surface area contributed by atoms with E-state index in [1.165, 1.54) is 12.3 Å². The third-order valence-corrected chi connectivity index (χ3v) is 3.40. The average molecular weight is 310 g/mol. The van der Waals surface area contributed by atoms with Gasteiger partial charge in [-0.15, -0.1) is 0 Å². The van der Waals surface area contributed by atoms with Gasteiger partial charge in [0.1, 0.15) is 0 Å². The molecule has 2 amide bonds. The molecule has 7 nitrogen and oxygen atoms in total. The van der Waals surface area contributed by atoms with Gasteiger partial charge in [-0.3, -0.25) is 24.4 Å². The fourth-order valence-corrected chi connectivity index (χ4v) is 2.30. The maximum Gasteiger partial charge on any atom is 0.261 e. The molecule has 7 heteroatoms. The van der Waals surface area contributed by atoms with Crippen LogP contribution in [0.25, 0.3) is 0 Å². The second-order valence-electron chi connectivity index (χ2n) is 5.12. The van der Waals surface area contributed by atoms with Crippen LogP contribution >= 0.6 is 0 Å². The second-order valence-corrected chi connectivity index (χ2v) is 5.12. The molecule has 0 atom stereocenters. The number of ketones is 1. The van der Waals surface area contributed by atoms with E-state index >= 15 is 0 Å². The Morgan fingerprint density at radius 3 is 2.48 bits per heavy atom. The van der Waals surface area contributed by atoms with E-state index in [1.807, 2.05) is 6.92 Å². The summed E-state index contributed by atoms with van der Waals surface area (Å²) in [5.41, 5.74) is 1.55. The van der Waals surface area contributed by atoms with Crippen LogP contribution in [0.2, 0.25) is 0 Å². The molecule has 0 saturated carbocycles. The molecule has 116 valence electrons. The number of nitrogens with one attached hydrogen (secondary N) is 2. The number of nitrogens with zero attached hydrogens (tertiary/aromatic N) is 2. The molecular weight excluding hydrogens is 296 g/mol. The minimum atomic E-state index is -0.441. The van der Waals surface area contributed by atoms with Crippen LogP contribution in [0.15, 0.2) is 42.6 Å². The van der Waals surface area contributed by atoms with Crippen LogP contribution in [0.1, 0.15) is 26.4 Å². The molecule has 23 heavy (non-hydrogen) atoms. The molecule has 0 fully saturated rings. The van der Waals surface area contributed by atoms with Crippen molar-refractivity contribution < 1.29 is 14.4 Å². The molecule has 3 rings (SSSR count). The van der Waals surface area contributed by atoms with Crippen LogP contribution in [0.5, 0.6) is 0 Å². The molecular formula is C16H14N4O3. The number of H-pyrrole nitrogens is 1. The van der Waals surface area contributed by atoms with E-state index in [9.17, 15) is 14.4 Å². The van der Waals surface area contributed by atoms with Crippen molar-refractivity contribution in [3.63, 3.8) is 0 Å². The molecule has 1 aliphatic rings. The highest BCUT2D eigenvalue weighted by molar-refractivity contribution is 6.22. The first-order chi connectivity index (χ1) is 11.1. The Morgan fingerprint density at radius 2 is 1.91 bits per heavy atom. The molecule has 0 unspecified atom stereocenters. The topological polar surface area (TPSA) is 95.2 Å². The molecule has 0 radical (unpaired) electrons. The van der Waals surface area contributed by atoms with Gasteiger partial charge < -0.3 is 5.32 Å². The minimum absolute atomic E-state index is 0.288. The Bertz CT molecular complexity index is 787. The third kappa shape index (κ3) is 2.89. The van der Waals surface area contributed by atoms with Crippen LogP contribution in [-0.4, -0.2) is 39.2 Å². The van der Waals surface area contributed by atoms with E-state index < -0.39 is 11.8 Å². The number of hydrogen-bond donors (Lipinski definition) is 2. The van der Waals surface area contributed by atoms with Crippen molar-refractivity contribution in [2.75, 3.05) is 11.9 Å². The van der Waals surface area contributed by atoms with Crippen molar-refractivity contribution in [3.8, 4) is 0 Å². The highest BCUT2D eigenvalue weighted by Gasteiger charge is 2.35. The number of rotatable bonds is 5. The lowest BCUT2D eigenvalue weighted by molar-refractivity contribution is -0.114. The second kappa shape index (κ2) is 5.88. The number of hydrogen-bond acceptors (Lipinski definition) is 5. The van der Waals surface area contributed by atoms with E-state index in [4.69, 9.17) is 0 Å². The number of carbonyl (C=O) groups is 3. The highest BCUT2D eigenvalue weighted by Crippen LogP contribution is 2.22. The van der Waals surface area contributed by atoms with E-state index in [1.54, 1.807) is 30.3 Å². The zero-order valence-electron chi connectivity index (χ0n) is 12.4. The molecule has 0 saturated heterocycles.